The van der Waals surface area contributed by atoms with Crippen LogP contribution in [0.25, 0.3) is 0 Å². The van der Waals surface area contributed by atoms with Crippen molar-refractivity contribution >= 4 is 9.84 Å². The van der Waals surface area contributed by atoms with Gasteiger partial charge in [-0.25, -0.2) is 8.42 Å². The zero-order valence-corrected chi connectivity index (χ0v) is 10.0. The highest BCUT2D eigenvalue weighted by molar-refractivity contribution is 7.91. The summed E-state index contributed by atoms with van der Waals surface area (Å²) in [7, 11) is -3.12. The van der Waals surface area contributed by atoms with Crippen LogP contribution in [0.5, 0.6) is 0 Å². The molecule has 2 rings (SSSR count). The van der Waals surface area contributed by atoms with Crippen molar-refractivity contribution in [2.75, 3.05) is 12.3 Å². The van der Waals surface area contributed by atoms with Crippen molar-refractivity contribution in [3.05, 3.63) is 30.3 Å². The van der Waals surface area contributed by atoms with E-state index >= 15 is 0 Å². The standard InChI is InChI=1S/C12H17NO2S/c14-16(15,12-7-2-1-3-8-12)10-11-6-4-5-9-13-11/h1-3,7-8,11,13H,4-6,9-10H2/t11-/m1/s1. The third-order valence-electron chi connectivity index (χ3n) is 2.94. The summed E-state index contributed by atoms with van der Waals surface area (Å²) in [5, 5.41) is 3.27. The maximum atomic E-state index is 12.1. The Bertz CT molecular complexity index is 422. The number of piperidine rings is 1. The quantitative estimate of drug-likeness (QED) is 0.871. The van der Waals surface area contributed by atoms with Crippen LogP contribution in [0.3, 0.4) is 0 Å². The summed E-state index contributed by atoms with van der Waals surface area (Å²) in [4.78, 5) is 0.433. The highest BCUT2D eigenvalue weighted by atomic mass is 32.2. The molecule has 4 heteroatoms. The molecule has 1 N–H and O–H groups in total. The van der Waals surface area contributed by atoms with Gasteiger partial charge in [0.05, 0.1) is 10.6 Å². The number of sulfone groups is 1. The summed E-state index contributed by atoms with van der Waals surface area (Å²) in [6, 6.07) is 8.82. The topological polar surface area (TPSA) is 46.2 Å². The molecule has 0 aromatic heterocycles. The predicted molar refractivity (Wildman–Crippen MR) is 64.1 cm³/mol. The Kier molecular flexibility index (Phi) is 3.61. The van der Waals surface area contributed by atoms with Crippen molar-refractivity contribution in [3.63, 3.8) is 0 Å². The summed E-state index contributed by atoms with van der Waals surface area (Å²) in [5.74, 6) is 0.219. The fourth-order valence-corrected chi connectivity index (χ4v) is 3.63. The van der Waals surface area contributed by atoms with E-state index in [-0.39, 0.29) is 11.8 Å². The molecule has 0 spiro atoms. The predicted octanol–water partition coefficient (Wildman–Crippen LogP) is 1.60. The minimum absolute atomic E-state index is 0.124. The highest BCUT2D eigenvalue weighted by Gasteiger charge is 2.22. The number of hydrogen-bond donors (Lipinski definition) is 1. The van der Waals surface area contributed by atoms with Crippen LogP contribution in [0.15, 0.2) is 35.2 Å². The summed E-state index contributed by atoms with van der Waals surface area (Å²) < 4.78 is 24.1. The Balaban J connectivity index is 2.08. The molecular formula is C12H17NO2S. The molecule has 0 saturated carbocycles. The summed E-state index contributed by atoms with van der Waals surface area (Å²) in [6.07, 6.45) is 3.25. The maximum absolute atomic E-state index is 12.1. The fraction of sp³-hybridized carbons (Fsp3) is 0.500. The van der Waals surface area contributed by atoms with Crippen LogP contribution in [0.1, 0.15) is 19.3 Å². The van der Waals surface area contributed by atoms with Gasteiger partial charge in [0, 0.05) is 6.04 Å². The highest BCUT2D eigenvalue weighted by Crippen LogP contribution is 2.15. The molecule has 3 nitrogen and oxygen atoms in total. The first-order chi connectivity index (χ1) is 7.68. The third kappa shape index (κ3) is 2.83. The van der Waals surface area contributed by atoms with Gasteiger partial charge >= 0.3 is 0 Å². The van der Waals surface area contributed by atoms with Crippen molar-refractivity contribution in [1.29, 1.82) is 0 Å². The Morgan fingerprint density at radius 2 is 1.94 bits per heavy atom. The lowest BCUT2D eigenvalue weighted by molar-refractivity contribution is 0.423. The van der Waals surface area contributed by atoms with E-state index in [2.05, 4.69) is 5.32 Å². The molecule has 16 heavy (non-hydrogen) atoms. The van der Waals surface area contributed by atoms with E-state index in [1.54, 1.807) is 24.3 Å². The zero-order valence-electron chi connectivity index (χ0n) is 9.22. The molecule has 1 aromatic carbocycles. The van der Waals surface area contributed by atoms with Crippen LogP contribution in [0, 0.1) is 0 Å². The molecule has 88 valence electrons. The summed E-state index contributed by atoms with van der Waals surface area (Å²) in [6.45, 7) is 0.939. The minimum atomic E-state index is -3.12. The normalized spacial score (nSPS) is 21.9. The molecule has 1 fully saturated rings. The maximum Gasteiger partial charge on any atom is 0.179 e. The number of hydrogen-bond acceptors (Lipinski definition) is 3. The van der Waals surface area contributed by atoms with E-state index in [0.717, 1.165) is 25.8 Å². The molecule has 1 heterocycles. The van der Waals surface area contributed by atoms with E-state index in [4.69, 9.17) is 0 Å². The van der Waals surface area contributed by atoms with Gasteiger partial charge in [0.2, 0.25) is 0 Å². The first-order valence-electron chi connectivity index (χ1n) is 5.70. The molecule has 0 unspecified atom stereocenters. The second kappa shape index (κ2) is 4.97. The molecule has 0 aliphatic carbocycles. The zero-order chi connectivity index (χ0) is 11.4. The molecule has 0 radical (unpaired) electrons. The van der Waals surface area contributed by atoms with Crippen molar-refractivity contribution in [2.45, 2.75) is 30.2 Å². The van der Waals surface area contributed by atoms with Crippen LogP contribution in [-0.2, 0) is 9.84 Å². The van der Waals surface area contributed by atoms with E-state index in [1.165, 1.54) is 0 Å². The number of nitrogens with one attached hydrogen (secondary N) is 1. The van der Waals surface area contributed by atoms with Crippen LogP contribution < -0.4 is 5.32 Å². The minimum Gasteiger partial charge on any atom is -0.313 e. The van der Waals surface area contributed by atoms with Gasteiger partial charge in [-0.1, -0.05) is 24.6 Å². The van der Waals surface area contributed by atoms with E-state index in [9.17, 15) is 8.42 Å². The fourth-order valence-electron chi connectivity index (χ4n) is 2.06. The lowest BCUT2D eigenvalue weighted by Gasteiger charge is -2.23. The lowest BCUT2D eigenvalue weighted by atomic mass is 10.1. The molecule has 0 bridgehead atoms. The van der Waals surface area contributed by atoms with Crippen molar-refractivity contribution in [2.24, 2.45) is 0 Å². The third-order valence-corrected chi connectivity index (χ3v) is 4.77. The average Bonchev–Trinajstić information content (AvgIpc) is 2.31. The van der Waals surface area contributed by atoms with Gasteiger partial charge in [0.1, 0.15) is 0 Å². The van der Waals surface area contributed by atoms with Gasteiger partial charge < -0.3 is 5.32 Å². The van der Waals surface area contributed by atoms with Gasteiger partial charge in [-0.15, -0.1) is 0 Å². The Morgan fingerprint density at radius 1 is 1.19 bits per heavy atom. The van der Waals surface area contributed by atoms with Gasteiger partial charge in [0.25, 0.3) is 0 Å². The average molecular weight is 239 g/mol. The van der Waals surface area contributed by atoms with Gasteiger partial charge in [-0.3, -0.25) is 0 Å². The summed E-state index contributed by atoms with van der Waals surface area (Å²) >= 11 is 0. The van der Waals surface area contributed by atoms with Crippen molar-refractivity contribution in [3.8, 4) is 0 Å². The molecule has 1 aromatic rings. The smallest absolute Gasteiger partial charge is 0.179 e. The first kappa shape index (κ1) is 11.6. The van der Waals surface area contributed by atoms with Gasteiger partial charge in [-0.2, -0.15) is 0 Å². The second-order valence-electron chi connectivity index (χ2n) is 4.24. The number of rotatable bonds is 3. The molecule has 1 atom stereocenters. The Hall–Kier alpha value is -0.870. The largest absolute Gasteiger partial charge is 0.313 e. The van der Waals surface area contributed by atoms with Gasteiger partial charge in [0.15, 0.2) is 9.84 Å². The summed E-state index contributed by atoms with van der Waals surface area (Å²) in [5.41, 5.74) is 0. The molecule has 1 aliphatic heterocycles. The lowest BCUT2D eigenvalue weighted by Crippen LogP contribution is -2.39. The van der Waals surface area contributed by atoms with Gasteiger partial charge in [-0.05, 0) is 31.5 Å². The Labute approximate surface area is 96.8 Å². The SMILES string of the molecule is O=S(=O)(C[C@H]1CCCCN1)c1ccccc1. The molecule has 0 amide bonds. The van der Waals surface area contributed by atoms with Crippen molar-refractivity contribution < 1.29 is 8.42 Å². The molecule has 1 aliphatic rings. The van der Waals surface area contributed by atoms with E-state index < -0.39 is 9.84 Å². The monoisotopic (exact) mass is 239 g/mol. The van der Waals surface area contributed by atoms with Crippen LogP contribution in [0.2, 0.25) is 0 Å². The van der Waals surface area contributed by atoms with E-state index in [1.807, 2.05) is 6.07 Å². The first-order valence-corrected chi connectivity index (χ1v) is 7.35. The molecule has 1 saturated heterocycles. The van der Waals surface area contributed by atoms with Crippen LogP contribution in [0.4, 0.5) is 0 Å². The van der Waals surface area contributed by atoms with Crippen LogP contribution >= 0.6 is 0 Å². The van der Waals surface area contributed by atoms with Crippen molar-refractivity contribution in [1.82, 2.24) is 5.32 Å². The Morgan fingerprint density at radius 3 is 2.56 bits per heavy atom. The number of benzene rings is 1. The second-order valence-corrected chi connectivity index (χ2v) is 6.28. The molecular weight excluding hydrogens is 222 g/mol. The van der Waals surface area contributed by atoms with E-state index in [0.29, 0.717) is 4.90 Å². The van der Waals surface area contributed by atoms with Crippen LogP contribution in [-0.4, -0.2) is 26.8 Å².